The summed E-state index contributed by atoms with van der Waals surface area (Å²) in [5, 5.41) is 19.5. The maximum absolute atomic E-state index is 10.2. The molecule has 2 rings (SSSR count). The highest BCUT2D eigenvalue weighted by Gasteiger charge is 2.42. The fourth-order valence-electron chi connectivity index (χ4n) is 3.34. The van der Waals surface area contributed by atoms with E-state index in [1.165, 1.54) is 6.42 Å². The molecule has 0 aromatic rings. The minimum atomic E-state index is -0.174. The van der Waals surface area contributed by atoms with Crippen molar-refractivity contribution in [2.75, 3.05) is 19.7 Å². The minimum Gasteiger partial charge on any atom is -0.395 e. The molecule has 1 aliphatic carbocycles. The maximum Gasteiger partial charge on any atom is 0.0631 e. The first-order valence-electron chi connectivity index (χ1n) is 6.57. The van der Waals surface area contributed by atoms with Gasteiger partial charge in [-0.1, -0.05) is 13.8 Å². The molecule has 1 saturated carbocycles. The Bertz CT molecular complexity index is 242. The molecule has 16 heavy (non-hydrogen) atoms. The van der Waals surface area contributed by atoms with Gasteiger partial charge in [0.2, 0.25) is 0 Å². The highest BCUT2D eigenvalue weighted by Crippen LogP contribution is 2.42. The van der Waals surface area contributed by atoms with E-state index in [9.17, 15) is 10.2 Å². The molecule has 2 aliphatic rings. The molecule has 0 aromatic carbocycles. The van der Waals surface area contributed by atoms with Gasteiger partial charge in [0.1, 0.15) is 0 Å². The van der Waals surface area contributed by atoms with E-state index >= 15 is 0 Å². The third-order valence-corrected chi connectivity index (χ3v) is 4.59. The topological polar surface area (TPSA) is 43.7 Å². The summed E-state index contributed by atoms with van der Waals surface area (Å²) in [6.07, 6.45) is 4.38. The molecule has 3 nitrogen and oxygen atoms in total. The molecule has 2 fully saturated rings. The number of hydrogen-bond acceptors (Lipinski definition) is 3. The van der Waals surface area contributed by atoms with E-state index in [4.69, 9.17) is 0 Å². The Kier molecular flexibility index (Phi) is 3.57. The van der Waals surface area contributed by atoms with Gasteiger partial charge in [0.25, 0.3) is 0 Å². The third-order valence-electron chi connectivity index (χ3n) is 4.59. The Hall–Kier alpha value is -0.120. The first kappa shape index (κ1) is 12.3. The van der Waals surface area contributed by atoms with Gasteiger partial charge >= 0.3 is 0 Å². The largest absolute Gasteiger partial charge is 0.395 e. The molecule has 1 heterocycles. The van der Waals surface area contributed by atoms with Crippen molar-refractivity contribution in [2.24, 2.45) is 11.3 Å². The fourth-order valence-corrected chi connectivity index (χ4v) is 3.34. The molecular formula is C13H25NO2. The highest BCUT2D eigenvalue weighted by atomic mass is 16.3. The standard InChI is InChI=1S/C13H25NO2/c1-13(2)6-5-10(12(13)16)8-14-7-3-4-11(14)9-15/h10-12,15-16H,3-9H2,1-2H3. The second-order valence-electron chi connectivity index (χ2n) is 6.21. The van der Waals surface area contributed by atoms with Crippen LogP contribution in [0.2, 0.25) is 0 Å². The van der Waals surface area contributed by atoms with Crippen molar-refractivity contribution in [1.82, 2.24) is 4.90 Å². The third kappa shape index (κ3) is 2.27. The minimum absolute atomic E-state index is 0.0824. The summed E-state index contributed by atoms with van der Waals surface area (Å²) >= 11 is 0. The Morgan fingerprint density at radius 2 is 2.06 bits per heavy atom. The normalized spacial score (nSPS) is 39.4. The van der Waals surface area contributed by atoms with Crippen LogP contribution in [0.5, 0.6) is 0 Å². The zero-order valence-electron chi connectivity index (χ0n) is 10.5. The summed E-state index contributed by atoms with van der Waals surface area (Å²) in [5.41, 5.74) is 0.0824. The Balaban J connectivity index is 1.91. The number of nitrogens with zero attached hydrogens (tertiary/aromatic N) is 1. The second-order valence-corrected chi connectivity index (χ2v) is 6.21. The second kappa shape index (κ2) is 4.63. The molecule has 1 saturated heterocycles. The summed E-state index contributed by atoms with van der Waals surface area (Å²) in [5.74, 6) is 0.405. The van der Waals surface area contributed by atoms with Crippen LogP contribution in [-0.2, 0) is 0 Å². The lowest BCUT2D eigenvalue weighted by Gasteiger charge is -2.30. The van der Waals surface area contributed by atoms with Gasteiger partial charge in [-0.25, -0.2) is 0 Å². The summed E-state index contributed by atoms with van der Waals surface area (Å²) < 4.78 is 0. The number of rotatable bonds is 3. The van der Waals surface area contributed by atoms with Crippen LogP contribution in [0.3, 0.4) is 0 Å². The fraction of sp³-hybridized carbons (Fsp3) is 1.00. The predicted octanol–water partition coefficient (Wildman–Crippen LogP) is 1.24. The van der Waals surface area contributed by atoms with Crippen LogP contribution in [0.15, 0.2) is 0 Å². The maximum atomic E-state index is 10.2. The average Bonchev–Trinajstić information content (AvgIpc) is 2.78. The first-order chi connectivity index (χ1) is 7.54. The monoisotopic (exact) mass is 227 g/mol. The average molecular weight is 227 g/mol. The predicted molar refractivity (Wildman–Crippen MR) is 64.2 cm³/mol. The van der Waals surface area contributed by atoms with Crippen molar-refractivity contribution < 1.29 is 10.2 Å². The van der Waals surface area contributed by atoms with Crippen molar-refractivity contribution in [3.63, 3.8) is 0 Å². The van der Waals surface area contributed by atoms with Crippen molar-refractivity contribution in [1.29, 1.82) is 0 Å². The number of aliphatic hydroxyl groups is 2. The molecule has 0 spiro atoms. The van der Waals surface area contributed by atoms with Crippen molar-refractivity contribution in [3.8, 4) is 0 Å². The quantitative estimate of drug-likeness (QED) is 0.762. The molecule has 1 aliphatic heterocycles. The van der Waals surface area contributed by atoms with Crippen LogP contribution in [0.1, 0.15) is 39.5 Å². The van der Waals surface area contributed by atoms with E-state index in [0.29, 0.717) is 12.0 Å². The molecule has 0 aromatic heterocycles. The van der Waals surface area contributed by atoms with E-state index in [0.717, 1.165) is 32.4 Å². The van der Waals surface area contributed by atoms with E-state index < -0.39 is 0 Å². The number of aliphatic hydroxyl groups excluding tert-OH is 2. The summed E-state index contributed by atoms with van der Waals surface area (Å²) in [6.45, 7) is 6.65. The SMILES string of the molecule is CC1(C)CCC(CN2CCCC2CO)C1O. The zero-order valence-corrected chi connectivity index (χ0v) is 10.5. The Labute approximate surface area is 98.5 Å². The van der Waals surface area contributed by atoms with Crippen LogP contribution in [0.4, 0.5) is 0 Å². The van der Waals surface area contributed by atoms with Crippen LogP contribution in [-0.4, -0.2) is 47.0 Å². The van der Waals surface area contributed by atoms with Gasteiger partial charge in [-0.2, -0.15) is 0 Å². The lowest BCUT2D eigenvalue weighted by atomic mass is 9.87. The van der Waals surface area contributed by atoms with Crippen molar-refractivity contribution in [3.05, 3.63) is 0 Å². The molecule has 0 bridgehead atoms. The zero-order chi connectivity index (χ0) is 11.8. The number of likely N-dealkylation sites (tertiary alicyclic amines) is 1. The van der Waals surface area contributed by atoms with E-state index in [2.05, 4.69) is 18.7 Å². The van der Waals surface area contributed by atoms with Crippen molar-refractivity contribution in [2.45, 2.75) is 51.7 Å². The van der Waals surface area contributed by atoms with Gasteiger partial charge in [-0.05, 0) is 43.6 Å². The van der Waals surface area contributed by atoms with Crippen LogP contribution < -0.4 is 0 Å². The molecule has 3 heteroatoms. The van der Waals surface area contributed by atoms with Gasteiger partial charge < -0.3 is 10.2 Å². The molecular weight excluding hydrogens is 202 g/mol. The molecule has 0 amide bonds. The van der Waals surface area contributed by atoms with E-state index in [1.807, 2.05) is 0 Å². The molecule has 0 radical (unpaired) electrons. The van der Waals surface area contributed by atoms with Gasteiger partial charge in [-0.15, -0.1) is 0 Å². The van der Waals surface area contributed by atoms with E-state index in [-0.39, 0.29) is 18.1 Å². The molecule has 3 atom stereocenters. The smallest absolute Gasteiger partial charge is 0.0631 e. The summed E-state index contributed by atoms with van der Waals surface area (Å²) in [6, 6.07) is 0.343. The summed E-state index contributed by atoms with van der Waals surface area (Å²) in [7, 11) is 0. The lowest BCUT2D eigenvalue weighted by molar-refractivity contribution is 0.0272. The van der Waals surface area contributed by atoms with Gasteiger partial charge in [-0.3, -0.25) is 4.90 Å². The Morgan fingerprint density at radius 3 is 2.62 bits per heavy atom. The Morgan fingerprint density at radius 1 is 1.31 bits per heavy atom. The van der Waals surface area contributed by atoms with Crippen LogP contribution >= 0.6 is 0 Å². The highest BCUT2D eigenvalue weighted by molar-refractivity contribution is 4.93. The van der Waals surface area contributed by atoms with Gasteiger partial charge in [0.15, 0.2) is 0 Å². The lowest BCUT2D eigenvalue weighted by Crippen LogP contribution is -2.40. The molecule has 2 N–H and O–H groups in total. The van der Waals surface area contributed by atoms with Gasteiger partial charge in [0, 0.05) is 12.6 Å². The van der Waals surface area contributed by atoms with Crippen LogP contribution in [0.25, 0.3) is 0 Å². The summed E-state index contributed by atoms with van der Waals surface area (Å²) in [4.78, 5) is 2.37. The molecule has 3 unspecified atom stereocenters. The first-order valence-corrected chi connectivity index (χ1v) is 6.57. The van der Waals surface area contributed by atoms with Gasteiger partial charge in [0.05, 0.1) is 12.7 Å². The van der Waals surface area contributed by atoms with Crippen LogP contribution in [0, 0.1) is 11.3 Å². The van der Waals surface area contributed by atoms with Crippen molar-refractivity contribution >= 4 is 0 Å². The molecule has 94 valence electrons. The van der Waals surface area contributed by atoms with E-state index in [1.54, 1.807) is 0 Å². The number of hydrogen-bond donors (Lipinski definition) is 2.